The van der Waals surface area contributed by atoms with Crippen molar-refractivity contribution >= 4 is 44.8 Å². The van der Waals surface area contributed by atoms with Crippen LogP contribution in [0.4, 0.5) is 5.69 Å². The molecule has 8 heteroatoms. The normalized spacial score (nSPS) is 11.2. The third-order valence-electron chi connectivity index (χ3n) is 2.66. The van der Waals surface area contributed by atoms with Crippen molar-refractivity contribution in [3.05, 3.63) is 58.6 Å². The molecule has 0 aromatic heterocycles. The molecule has 5 nitrogen and oxygen atoms in total. The molecule has 2 aromatic carbocycles. The molecule has 2 aromatic rings. The van der Waals surface area contributed by atoms with Crippen molar-refractivity contribution in [2.75, 3.05) is 11.9 Å². The Hall–Kier alpha value is -1.60. The maximum atomic E-state index is 12.0. The van der Waals surface area contributed by atoms with Crippen LogP contribution in [0.25, 0.3) is 0 Å². The van der Waals surface area contributed by atoms with Gasteiger partial charge in [-0.25, -0.2) is 13.1 Å². The van der Waals surface area contributed by atoms with Gasteiger partial charge in [-0.3, -0.25) is 4.79 Å². The second-order valence-electron chi connectivity index (χ2n) is 4.34. The SMILES string of the molecule is O=C(CNS(=O)(=O)c1ccc(Cl)cc1)Nc1cccc(Cl)c1. The van der Waals surface area contributed by atoms with E-state index in [2.05, 4.69) is 10.0 Å². The van der Waals surface area contributed by atoms with E-state index in [-0.39, 0.29) is 4.90 Å². The van der Waals surface area contributed by atoms with Crippen molar-refractivity contribution in [3.8, 4) is 0 Å². The number of carbonyl (C=O) groups is 1. The fourth-order valence-corrected chi connectivity index (χ4v) is 2.93. The Balaban J connectivity index is 1.97. The summed E-state index contributed by atoms with van der Waals surface area (Å²) in [5.41, 5.74) is 0.489. The fraction of sp³-hybridized carbons (Fsp3) is 0.0714. The summed E-state index contributed by atoms with van der Waals surface area (Å²) in [7, 11) is -3.77. The lowest BCUT2D eigenvalue weighted by molar-refractivity contribution is -0.115. The number of sulfonamides is 1. The van der Waals surface area contributed by atoms with Gasteiger partial charge in [0.05, 0.1) is 11.4 Å². The van der Waals surface area contributed by atoms with Gasteiger partial charge in [-0.2, -0.15) is 0 Å². The van der Waals surface area contributed by atoms with Crippen molar-refractivity contribution in [2.45, 2.75) is 4.90 Å². The van der Waals surface area contributed by atoms with Gasteiger partial charge in [0.15, 0.2) is 0 Å². The molecule has 0 saturated heterocycles. The van der Waals surface area contributed by atoms with Gasteiger partial charge < -0.3 is 5.32 Å². The smallest absolute Gasteiger partial charge is 0.241 e. The molecule has 0 aliphatic carbocycles. The molecule has 0 saturated carbocycles. The summed E-state index contributed by atoms with van der Waals surface area (Å²) in [5, 5.41) is 3.44. The van der Waals surface area contributed by atoms with Crippen LogP contribution < -0.4 is 10.0 Å². The molecular weight excluding hydrogens is 347 g/mol. The van der Waals surface area contributed by atoms with Gasteiger partial charge in [0.2, 0.25) is 15.9 Å². The molecule has 116 valence electrons. The van der Waals surface area contributed by atoms with Crippen molar-refractivity contribution in [2.24, 2.45) is 0 Å². The van der Waals surface area contributed by atoms with E-state index in [9.17, 15) is 13.2 Å². The standard InChI is InChI=1S/C14H12Cl2N2O3S/c15-10-4-6-13(7-5-10)22(20,21)17-9-14(19)18-12-3-1-2-11(16)8-12/h1-8,17H,9H2,(H,18,19). The lowest BCUT2D eigenvalue weighted by atomic mass is 10.3. The molecule has 0 aliphatic heterocycles. The minimum absolute atomic E-state index is 0.0347. The Bertz CT molecular complexity index is 777. The van der Waals surface area contributed by atoms with Crippen molar-refractivity contribution in [1.82, 2.24) is 4.72 Å². The zero-order valence-electron chi connectivity index (χ0n) is 11.2. The quantitative estimate of drug-likeness (QED) is 0.862. The minimum Gasteiger partial charge on any atom is -0.325 e. The van der Waals surface area contributed by atoms with Gasteiger partial charge >= 0.3 is 0 Å². The number of hydrogen-bond donors (Lipinski definition) is 2. The summed E-state index contributed by atoms with van der Waals surface area (Å²) >= 11 is 11.5. The first-order chi connectivity index (χ1) is 10.4. The zero-order chi connectivity index (χ0) is 16.2. The summed E-state index contributed by atoms with van der Waals surface area (Å²) in [6.45, 7) is -0.391. The molecule has 0 atom stereocenters. The lowest BCUT2D eigenvalue weighted by Crippen LogP contribution is -2.32. The molecule has 1 amide bonds. The van der Waals surface area contributed by atoms with Gasteiger partial charge in [0.1, 0.15) is 0 Å². The van der Waals surface area contributed by atoms with Crippen LogP contribution in [0, 0.1) is 0 Å². The van der Waals surface area contributed by atoms with E-state index in [1.807, 2.05) is 0 Å². The topological polar surface area (TPSA) is 75.3 Å². The number of anilines is 1. The second-order valence-corrected chi connectivity index (χ2v) is 6.98. The highest BCUT2D eigenvalue weighted by Crippen LogP contribution is 2.15. The molecule has 2 N–H and O–H groups in total. The first-order valence-electron chi connectivity index (χ1n) is 6.17. The Labute approximate surface area is 138 Å². The van der Waals surface area contributed by atoms with Crippen LogP contribution in [0.15, 0.2) is 53.4 Å². The van der Waals surface area contributed by atoms with Crippen molar-refractivity contribution < 1.29 is 13.2 Å². The van der Waals surface area contributed by atoms with Crippen LogP contribution in [0.3, 0.4) is 0 Å². The van der Waals surface area contributed by atoms with E-state index in [1.54, 1.807) is 24.3 Å². The molecule has 0 aliphatic rings. The van der Waals surface area contributed by atoms with Crippen molar-refractivity contribution in [3.63, 3.8) is 0 Å². The van der Waals surface area contributed by atoms with Gasteiger partial charge in [-0.1, -0.05) is 29.3 Å². The highest BCUT2D eigenvalue weighted by molar-refractivity contribution is 7.89. The summed E-state index contributed by atoms with van der Waals surface area (Å²) in [5.74, 6) is -0.500. The van der Waals surface area contributed by atoms with Crippen LogP contribution in [0.2, 0.25) is 10.0 Å². The molecule has 0 heterocycles. The predicted molar refractivity (Wildman–Crippen MR) is 86.7 cm³/mol. The number of carbonyl (C=O) groups excluding carboxylic acids is 1. The van der Waals surface area contributed by atoms with Gasteiger partial charge in [0.25, 0.3) is 0 Å². The first-order valence-corrected chi connectivity index (χ1v) is 8.41. The van der Waals surface area contributed by atoms with E-state index in [0.717, 1.165) is 0 Å². The van der Waals surface area contributed by atoms with E-state index in [1.165, 1.54) is 24.3 Å². The van der Waals surface area contributed by atoms with E-state index in [0.29, 0.717) is 15.7 Å². The molecule has 2 rings (SSSR count). The number of hydrogen-bond acceptors (Lipinski definition) is 3. The Morgan fingerprint density at radius 1 is 1.00 bits per heavy atom. The summed E-state index contributed by atoms with van der Waals surface area (Å²) in [6.07, 6.45) is 0. The summed E-state index contributed by atoms with van der Waals surface area (Å²) in [6, 6.07) is 12.2. The third-order valence-corrected chi connectivity index (χ3v) is 4.56. The molecule has 0 bridgehead atoms. The molecular formula is C14H12Cl2N2O3S. The predicted octanol–water partition coefficient (Wildman–Crippen LogP) is 2.91. The second kappa shape index (κ2) is 7.11. The third kappa shape index (κ3) is 4.71. The van der Waals surface area contributed by atoms with Crippen LogP contribution >= 0.6 is 23.2 Å². The summed E-state index contributed by atoms with van der Waals surface area (Å²) < 4.78 is 26.2. The molecule has 22 heavy (non-hydrogen) atoms. The molecule has 0 radical (unpaired) electrons. The largest absolute Gasteiger partial charge is 0.325 e. The minimum atomic E-state index is -3.77. The maximum Gasteiger partial charge on any atom is 0.241 e. The van der Waals surface area contributed by atoms with Gasteiger partial charge in [-0.05, 0) is 42.5 Å². The Kier molecular flexibility index (Phi) is 5.42. The highest BCUT2D eigenvalue weighted by Gasteiger charge is 2.15. The average molecular weight is 359 g/mol. The van der Waals surface area contributed by atoms with Gasteiger partial charge in [-0.15, -0.1) is 0 Å². The maximum absolute atomic E-state index is 12.0. The number of amides is 1. The lowest BCUT2D eigenvalue weighted by Gasteiger charge is -2.08. The van der Waals surface area contributed by atoms with Crippen molar-refractivity contribution in [1.29, 1.82) is 0 Å². The van der Waals surface area contributed by atoms with Crippen LogP contribution in [-0.2, 0) is 14.8 Å². The van der Waals surface area contributed by atoms with Crippen LogP contribution in [0.5, 0.6) is 0 Å². The molecule has 0 fully saturated rings. The van der Waals surface area contributed by atoms with Crippen LogP contribution in [0.1, 0.15) is 0 Å². The average Bonchev–Trinajstić information content (AvgIpc) is 2.46. The first kappa shape index (κ1) is 16.8. The number of rotatable bonds is 5. The molecule has 0 unspecified atom stereocenters. The van der Waals surface area contributed by atoms with E-state index in [4.69, 9.17) is 23.2 Å². The Morgan fingerprint density at radius 3 is 2.32 bits per heavy atom. The van der Waals surface area contributed by atoms with Crippen LogP contribution in [-0.4, -0.2) is 20.9 Å². The van der Waals surface area contributed by atoms with E-state index >= 15 is 0 Å². The number of benzene rings is 2. The molecule has 0 spiro atoms. The van der Waals surface area contributed by atoms with E-state index < -0.39 is 22.5 Å². The fourth-order valence-electron chi connectivity index (χ4n) is 1.63. The highest BCUT2D eigenvalue weighted by atomic mass is 35.5. The van der Waals surface area contributed by atoms with Gasteiger partial charge in [0, 0.05) is 15.7 Å². The number of halogens is 2. The summed E-state index contributed by atoms with van der Waals surface area (Å²) in [4.78, 5) is 11.8. The zero-order valence-corrected chi connectivity index (χ0v) is 13.5. The monoisotopic (exact) mass is 358 g/mol. The Morgan fingerprint density at radius 2 is 1.68 bits per heavy atom. The number of nitrogens with one attached hydrogen (secondary N) is 2.